The number of esters is 1. The lowest BCUT2D eigenvalue weighted by Gasteiger charge is -2.24. The van der Waals surface area contributed by atoms with Crippen molar-refractivity contribution < 1.29 is 19.1 Å². The Morgan fingerprint density at radius 3 is 2.78 bits per heavy atom. The zero-order valence-electron chi connectivity index (χ0n) is 12.5. The van der Waals surface area contributed by atoms with E-state index in [0.717, 1.165) is 11.1 Å². The molecule has 0 saturated heterocycles. The summed E-state index contributed by atoms with van der Waals surface area (Å²) in [5.41, 5.74) is 2.29. The highest BCUT2D eigenvalue weighted by molar-refractivity contribution is 7.13. The molecule has 2 aromatic rings. The number of carbonyl (C=O) groups excluding carboxylic acids is 2. The molecule has 5 nitrogen and oxygen atoms in total. The van der Waals surface area contributed by atoms with Crippen LogP contribution in [0.5, 0.6) is 0 Å². The first-order chi connectivity index (χ1) is 11.2. The van der Waals surface area contributed by atoms with Crippen molar-refractivity contribution in [1.29, 1.82) is 0 Å². The molecule has 2 heterocycles. The van der Waals surface area contributed by atoms with Gasteiger partial charge in [0.2, 0.25) is 0 Å². The van der Waals surface area contributed by atoms with Crippen molar-refractivity contribution in [1.82, 2.24) is 0 Å². The summed E-state index contributed by atoms with van der Waals surface area (Å²) in [6, 6.07) is 9.46. The number of carbonyl (C=O) groups is 2. The smallest absolute Gasteiger partial charge is 0.414 e. The van der Waals surface area contributed by atoms with E-state index in [-0.39, 0.29) is 6.61 Å². The third-order valence-corrected chi connectivity index (χ3v) is 4.41. The van der Waals surface area contributed by atoms with E-state index in [0.29, 0.717) is 17.1 Å². The molecule has 0 aliphatic carbocycles. The average Bonchev–Trinajstić information content (AvgIpc) is 3.04. The van der Waals surface area contributed by atoms with Gasteiger partial charge in [-0.2, -0.15) is 0 Å². The number of methoxy groups -OCH3 is 1. The minimum absolute atomic E-state index is 0.187. The van der Waals surface area contributed by atoms with Crippen LogP contribution in [0.3, 0.4) is 0 Å². The number of fused-ring (bicyclic) bond motifs is 1. The highest BCUT2D eigenvalue weighted by Gasteiger charge is 2.29. The molecule has 0 N–H and O–H groups in total. The number of anilines is 1. The number of benzene rings is 1. The second-order valence-corrected chi connectivity index (χ2v) is 5.79. The molecule has 1 aromatic carbocycles. The number of thiophene rings is 1. The Balaban J connectivity index is 1.79. The van der Waals surface area contributed by atoms with Crippen molar-refractivity contribution >= 4 is 35.2 Å². The van der Waals surface area contributed by atoms with Crippen LogP contribution in [0.25, 0.3) is 6.08 Å². The van der Waals surface area contributed by atoms with E-state index in [4.69, 9.17) is 9.47 Å². The Bertz CT molecular complexity index is 751. The Hall–Kier alpha value is -2.60. The van der Waals surface area contributed by atoms with Crippen LogP contribution in [-0.4, -0.2) is 25.7 Å². The first-order valence-corrected chi connectivity index (χ1v) is 7.93. The van der Waals surface area contributed by atoms with Gasteiger partial charge in [0, 0.05) is 17.5 Å². The second-order valence-electron chi connectivity index (χ2n) is 4.91. The molecular weight excluding hydrogens is 314 g/mol. The first-order valence-electron chi connectivity index (χ1n) is 7.05. The van der Waals surface area contributed by atoms with Crippen LogP contribution in [0.15, 0.2) is 41.8 Å². The predicted octanol–water partition coefficient (Wildman–Crippen LogP) is 3.70. The normalized spacial score (nSPS) is 12.7. The van der Waals surface area contributed by atoms with E-state index in [1.165, 1.54) is 23.3 Å². The number of rotatable bonds is 3. The Morgan fingerprint density at radius 2 is 2.04 bits per heavy atom. The summed E-state index contributed by atoms with van der Waals surface area (Å²) in [5.74, 6) is -0.451. The van der Waals surface area contributed by atoms with Gasteiger partial charge in [0.05, 0.1) is 12.8 Å². The molecular formula is C17H15NO4S. The minimum atomic E-state index is -0.483. The predicted molar refractivity (Wildman–Crippen MR) is 88.7 cm³/mol. The van der Waals surface area contributed by atoms with Gasteiger partial charge in [0.15, 0.2) is 0 Å². The molecule has 1 amide bonds. The van der Waals surface area contributed by atoms with E-state index in [1.807, 2.05) is 47.9 Å². The molecule has 1 aliphatic heterocycles. The van der Waals surface area contributed by atoms with Crippen molar-refractivity contribution in [3.63, 3.8) is 0 Å². The summed E-state index contributed by atoms with van der Waals surface area (Å²) >= 11 is 1.26. The van der Waals surface area contributed by atoms with Crippen molar-refractivity contribution in [3.05, 3.63) is 57.8 Å². The van der Waals surface area contributed by atoms with Crippen LogP contribution in [-0.2, 0) is 16.1 Å². The Labute approximate surface area is 137 Å². The highest BCUT2D eigenvalue weighted by atomic mass is 32.1. The fourth-order valence-corrected chi connectivity index (χ4v) is 3.29. The van der Waals surface area contributed by atoms with Crippen molar-refractivity contribution in [2.24, 2.45) is 0 Å². The topological polar surface area (TPSA) is 55.8 Å². The van der Waals surface area contributed by atoms with E-state index < -0.39 is 12.1 Å². The van der Waals surface area contributed by atoms with Crippen molar-refractivity contribution in [3.8, 4) is 0 Å². The molecule has 3 rings (SSSR count). The average molecular weight is 329 g/mol. The molecule has 0 unspecified atom stereocenters. The monoisotopic (exact) mass is 329 g/mol. The van der Waals surface area contributed by atoms with Gasteiger partial charge in [0.25, 0.3) is 0 Å². The van der Waals surface area contributed by atoms with Crippen molar-refractivity contribution in [2.45, 2.75) is 6.61 Å². The minimum Gasteiger partial charge on any atom is -0.465 e. The Morgan fingerprint density at radius 1 is 1.26 bits per heavy atom. The van der Waals surface area contributed by atoms with Gasteiger partial charge in [-0.1, -0.05) is 42.5 Å². The lowest BCUT2D eigenvalue weighted by Crippen LogP contribution is -2.34. The molecule has 0 fully saturated rings. The molecule has 0 saturated carbocycles. The zero-order valence-corrected chi connectivity index (χ0v) is 13.3. The maximum absolute atomic E-state index is 12.4. The second kappa shape index (κ2) is 6.66. The standard InChI is InChI=1S/C17H15NO4S/c1-21-16(19)15-14-13(11-23-15)8-5-9-18(14)17(20)22-10-12-6-3-2-4-7-12/h2-8,11H,9-10H2,1H3. The van der Waals surface area contributed by atoms with Gasteiger partial charge in [0.1, 0.15) is 11.5 Å². The van der Waals surface area contributed by atoms with Crippen LogP contribution in [0.4, 0.5) is 10.5 Å². The molecule has 1 aliphatic rings. The summed E-state index contributed by atoms with van der Waals surface area (Å²) < 4.78 is 10.2. The maximum Gasteiger partial charge on any atom is 0.414 e. The summed E-state index contributed by atoms with van der Waals surface area (Å²) in [5, 5.41) is 1.83. The number of nitrogens with zero attached hydrogens (tertiary/aromatic N) is 1. The number of hydrogen-bond donors (Lipinski definition) is 0. The number of amides is 1. The summed E-state index contributed by atoms with van der Waals surface area (Å²) in [4.78, 5) is 26.2. The molecule has 1 aromatic heterocycles. The molecule has 0 spiro atoms. The third-order valence-electron chi connectivity index (χ3n) is 3.44. The largest absolute Gasteiger partial charge is 0.465 e. The lowest BCUT2D eigenvalue weighted by atomic mass is 10.1. The lowest BCUT2D eigenvalue weighted by molar-refractivity contribution is 0.0607. The van der Waals surface area contributed by atoms with Gasteiger partial charge >= 0.3 is 12.1 Å². The molecule has 0 radical (unpaired) electrons. The molecule has 6 heteroatoms. The van der Waals surface area contributed by atoms with Crippen LogP contribution in [0.2, 0.25) is 0 Å². The van der Waals surface area contributed by atoms with E-state index >= 15 is 0 Å². The van der Waals surface area contributed by atoms with Crippen LogP contribution >= 0.6 is 11.3 Å². The van der Waals surface area contributed by atoms with Gasteiger partial charge in [-0.05, 0) is 5.56 Å². The van der Waals surface area contributed by atoms with E-state index in [2.05, 4.69) is 0 Å². The summed E-state index contributed by atoms with van der Waals surface area (Å²) in [6.07, 6.45) is 3.27. The van der Waals surface area contributed by atoms with E-state index in [1.54, 1.807) is 0 Å². The number of hydrogen-bond acceptors (Lipinski definition) is 5. The van der Waals surface area contributed by atoms with Gasteiger partial charge in [-0.25, -0.2) is 9.59 Å². The number of ether oxygens (including phenoxy) is 2. The van der Waals surface area contributed by atoms with Gasteiger partial charge < -0.3 is 9.47 Å². The highest BCUT2D eigenvalue weighted by Crippen LogP contribution is 2.36. The van der Waals surface area contributed by atoms with Crippen LogP contribution < -0.4 is 4.90 Å². The fraction of sp³-hybridized carbons (Fsp3) is 0.176. The quantitative estimate of drug-likeness (QED) is 0.806. The summed E-state index contributed by atoms with van der Waals surface area (Å²) in [7, 11) is 1.32. The fourth-order valence-electron chi connectivity index (χ4n) is 2.34. The zero-order chi connectivity index (χ0) is 16.2. The third kappa shape index (κ3) is 3.12. The summed E-state index contributed by atoms with van der Waals surface area (Å²) in [6.45, 7) is 0.550. The van der Waals surface area contributed by atoms with Gasteiger partial charge in [-0.15, -0.1) is 11.3 Å². The molecule has 0 atom stereocenters. The SMILES string of the molecule is COC(=O)c1scc2c1N(C(=O)OCc1ccccc1)CC=C2. The molecule has 118 valence electrons. The van der Waals surface area contributed by atoms with Crippen LogP contribution in [0, 0.1) is 0 Å². The molecule has 23 heavy (non-hydrogen) atoms. The van der Waals surface area contributed by atoms with Gasteiger partial charge in [-0.3, -0.25) is 4.90 Å². The van der Waals surface area contributed by atoms with E-state index in [9.17, 15) is 9.59 Å². The van der Waals surface area contributed by atoms with Crippen molar-refractivity contribution in [2.75, 3.05) is 18.6 Å². The first kappa shape index (κ1) is 15.3. The van der Waals surface area contributed by atoms with Crippen LogP contribution in [0.1, 0.15) is 20.8 Å². The Kier molecular flexibility index (Phi) is 4.43. The maximum atomic E-state index is 12.4. The molecule has 0 bridgehead atoms.